The molecule has 0 saturated carbocycles. The molecule has 0 aliphatic heterocycles. The molecule has 0 atom stereocenters. The van der Waals surface area contributed by atoms with E-state index in [1.54, 1.807) is 0 Å². The summed E-state index contributed by atoms with van der Waals surface area (Å²) in [5.41, 5.74) is 4.60. The third-order valence-corrected chi connectivity index (χ3v) is 3.57. The first-order valence-corrected chi connectivity index (χ1v) is 8.49. The summed E-state index contributed by atoms with van der Waals surface area (Å²) in [6.45, 7) is 2.12. The van der Waals surface area contributed by atoms with Gasteiger partial charge in [-0.3, -0.25) is 30.6 Å². The van der Waals surface area contributed by atoms with Gasteiger partial charge in [0.05, 0.1) is 4.92 Å². The number of non-ortho nitro benzene ring substituents is 1. The summed E-state index contributed by atoms with van der Waals surface area (Å²) >= 11 is 4.92. The summed E-state index contributed by atoms with van der Waals surface area (Å²) in [5, 5.41) is 13.1. The first kappa shape index (κ1) is 20.5. The monoisotopic (exact) mass is 366 g/mol. The zero-order chi connectivity index (χ0) is 18.7. The molecule has 9 heteroatoms. The summed E-state index contributed by atoms with van der Waals surface area (Å²) in [5.74, 6) is -0.821. The van der Waals surface area contributed by atoms with E-state index in [1.807, 2.05) is 0 Å². The maximum atomic E-state index is 11.9. The minimum atomic E-state index is -0.597. The third kappa shape index (κ3) is 8.20. The van der Waals surface area contributed by atoms with Gasteiger partial charge in [-0.05, 0) is 24.7 Å². The smallest absolute Gasteiger partial charge is 0.270 e. The number of nitro benzene ring substituents is 1. The van der Waals surface area contributed by atoms with Crippen molar-refractivity contribution in [3.8, 4) is 0 Å². The molecule has 8 nitrogen and oxygen atoms in total. The number of hydrogen-bond acceptors (Lipinski definition) is 5. The van der Waals surface area contributed by atoms with Gasteiger partial charge in [0.25, 0.3) is 11.6 Å². The standard InChI is InChI=1S/C16H22N4O4S/c1-2-3-4-5-6-10-14(21)17-16(25)19-18-15(22)12-8-7-9-13(11-12)20(23)24/h7-9,11H,2-6,10H2,1H3,(H,18,22)(H2,17,19,21,25). The van der Waals surface area contributed by atoms with Gasteiger partial charge in [0.1, 0.15) is 0 Å². The lowest BCUT2D eigenvalue weighted by molar-refractivity contribution is -0.384. The van der Waals surface area contributed by atoms with E-state index in [-0.39, 0.29) is 22.3 Å². The molecule has 0 aliphatic rings. The Morgan fingerprint density at radius 2 is 1.88 bits per heavy atom. The largest absolute Gasteiger partial charge is 0.302 e. The second-order valence-electron chi connectivity index (χ2n) is 5.43. The van der Waals surface area contributed by atoms with Gasteiger partial charge in [0.2, 0.25) is 5.91 Å². The van der Waals surface area contributed by atoms with Crippen molar-refractivity contribution in [1.82, 2.24) is 16.2 Å². The number of carbonyl (C=O) groups is 2. The van der Waals surface area contributed by atoms with E-state index in [0.29, 0.717) is 6.42 Å². The van der Waals surface area contributed by atoms with Crippen LogP contribution in [-0.4, -0.2) is 21.9 Å². The second-order valence-corrected chi connectivity index (χ2v) is 5.84. The first-order chi connectivity index (χ1) is 11.9. The molecule has 2 amide bonds. The molecule has 0 unspecified atom stereocenters. The molecular formula is C16H22N4O4S. The Kier molecular flexibility index (Phi) is 9.09. The number of hydrogen-bond donors (Lipinski definition) is 3. The first-order valence-electron chi connectivity index (χ1n) is 8.08. The summed E-state index contributed by atoms with van der Waals surface area (Å²) < 4.78 is 0. The van der Waals surface area contributed by atoms with Gasteiger partial charge in [-0.1, -0.05) is 38.7 Å². The molecule has 3 N–H and O–H groups in total. The number of hydrazine groups is 1. The maximum Gasteiger partial charge on any atom is 0.270 e. The van der Waals surface area contributed by atoms with Crippen molar-refractivity contribution in [1.29, 1.82) is 0 Å². The Hall–Kier alpha value is -2.55. The number of nitrogens with one attached hydrogen (secondary N) is 3. The van der Waals surface area contributed by atoms with E-state index >= 15 is 0 Å². The molecule has 136 valence electrons. The van der Waals surface area contributed by atoms with Crippen LogP contribution < -0.4 is 16.2 Å². The fourth-order valence-corrected chi connectivity index (χ4v) is 2.22. The normalized spacial score (nSPS) is 9.96. The van der Waals surface area contributed by atoms with Crippen LogP contribution in [0.25, 0.3) is 0 Å². The van der Waals surface area contributed by atoms with E-state index in [4.69, 9.17) is 12.2 Å². The van der Waals surface area contributed by atoms with Crippen molar-refractivity contribution in [2.45, 2.75) is 45.4 Å². The van der Waals surface area contributed by atoms with Crippen molar-refractivity contribution < 1.29 is 14.5 Å². The van der Waals surface area contributed by atoms with E-state index < -0.39 is 10.8 Å². The molecule has 1 rings (SSSR count). The number of amides is 2. The molecule has 25 heavy (non-hydrogen) atoms. The highest BCUT2D eigenvalue weighted by molar-refractivity contribution is 7.80. The highest BCUT2D eigenvalue weighted by Gasteiger charge is 2.12. The number of nitrogens with zero attached hydrogens (tertiary/aromatic N) is 1. The van der Waals surface area contributed by atoms with Crippen LogP contribution in [0.4, 0.5) is 5.69 Å². The average molecular weight is 366 g/mol. The highest BCUT2D eigenvalue weighted by Crippen LogP contribution is 2.12. The van der Waals surface area contributed by atoms with Crippen LogP contribution in [0.5, 0.6) is 0 Å². The molecule has 0 aliphatic carbocycles. The zero-order valence-corrected chi connectivity index (χ0v) is 14.9. The Balaban J connectivity index is 2.33. The van der Waals surface area contributed by atoms with E-state index in [2.05, 4.69) is 23.1 Å². The van der Waals surface area contributed by atoms with Crippen molar-refractivity contribution in [2.24, 2.45) is 0 Å². The molecule has 0 saturated heterocycles. The van der Waals surface area contributed by atoms with Crippen LogP contribution >= 0.6 is 12.2 Å². The van der Waals surface area contributed by atoms with Crippen LogP contribution in [0.2, 0.25) is 0 Å². The Bertz CT molecular complexity index is 636. The van der Waals surface area contributed by atoms with Crippen LogP contribution in [0.1, 0.15) is 55.8 Å². The summed E-state index contributed by atoms with van der Waals surface area (Å²) in [6.07, 6.45) is 5.55. The maximum absolute atomic E-state index is 11.9. The van der Waals surface area contributed by atoms with Gasteiger partial charge in [-0.15, -0.1) is 0 Å². The van der Waals surface area contributed by atoms with Crippen LogP contribution in [0.15, 0.2) is 24.3 Å². The predicted octanol–water partition coefficient (Wildman–Crippen LogP) is 2.59. The SMILES string of the molecule is CCCCCCCC(=O)NC(=S)NNC(=O)c1cccc([N+](=O)[O-])c1. The minimum absolute atomic E-state index is 0.0302. The molecule has 0 radical (unpaired) electrons. The second kappa shape index (κ2) is 11.1. The number of nitro groups is 1. The number of thiocarbonyl (C=S) groups is 1. The lowest BCUT2D eigenvalue weighted by Crippen LogP contribution is -2.48. The lowest BCUT2D eigenvalue weighted by atomic mass is 10.1. The van der Waals surface area contributed by atoms with E-state index in [1.165, 1.54) is 18.2 Å². The zero-order valence-electron chi connectivity index (χ0n) is 14.0. The van der Waals surface area contributed by atoms with Crippen molar-refractivity contribution in [3.05, 3.63) is 39.9 Å². The van der Waals surface area contributed by atoms with Crippen LogP contribution in [-0.2, 0) is 4.79 Å². The predicted molar refractivity (Wildman–Crippen MR) is 97.8 cm³/mol. The average Bonchev–Trinajstić information content (AvgIpc) is 2.59. The molecule has 1 aromatic rings. The van der Waals surface area contributed by atoms with Crippen molar-refractivity contribution in [2.75, 3.05) is 0 Å². The Morgan fingerprint density at radius 1 is 1.16 bits per heavy atom. The summed E-state index contributed by atoms with van der Waals surface area (Å²) in [6, 6.07) is 5.28. The summed E-state index contributed by atoms with van der Waals surface area (Å²) in [7, 11) is 0. The third-order valence-electron chi connectivity index (χ3n) is 3.37. The van der Waals surface area contributed by atoms with Crippen LogP contribution in [0, 0.1) is 10.1 Å². The number of rotatable bonds is 8. The molecule has 1 aromatic carbocycles. The number of carbonyl (C=O) groups excluding carboxylic acids is 2. The van der Waals surface area contributed by atoms with E-state index in [9.17, 15) is 19.7 Å². The highest BCUT2D eigenvalue weighted by atomic mass is 32.1. The van der Waals surface area contributed by atoms with Crippen LogP contribution in [0.3, 0.4) is 0 Å². The molecule has 0 aromatic heterocycles. The Labute approximate surface area is 151 Å². The Morgan fingerprint density at radius 3 is 2.56 bits per heavy atom. The fraction of sp³-hybridized carbons (Fsp3) is 0.438. The minimum Gasteiger partial charge on any atom is -0.302 e. The van der Waals surface area contributed by atoms with Gasteiger partial charge < -0.3 is 5.32 Å². The van der Waals surface area contributed by atoms with Gasteiger partial charge in [-0.2, -0.15) is 0 Å². The molecule has 0 spiro atoms. The molecule has 0 bridgehead atoms. The number of unbranched alkanes of at least 4 members (excludes halogenated alkanes) is 4. The number of benzene rings is 1. The molecule has 0 fully saturated rings. The van der Waals surface area contributed by atoms with Crippen molar-refractivity contribution >= 4 is 34.8 Å². The van der Waals surface area contributed by atoms with Crippen molar-refractivity contribution in [3.63, 3.8) is 0 Å². The van der Waals surface area contributed by atoms with Gasteiger partial charge in [0.15, 0.2) is 5.11 Å². The van der Waals surface area contributed by atoms with Gasteiger partial charge >= 0.3 is 0 Å². The quantitative estimate of drug-likeness (QED) is 0.282. The fourth-order valence-electron chi connectivity index (χ4n) is 2.06. The lowest BCUT2D eigenvalue weighted by Gasteiger charge is -2.10. The van der Waals surface area contributed by atoms with Gasteiger partial charge in [-0.25, -0.2) is 0 Å². The van der Waals surface area contributed by atoms with Gasteiger partial charge in [0, 0.05) is 24.1 Å². The summed E-state index contributed by atoms with van der Waals surface area (Å²) in [4.78, 5) is 33.7. The van der Waals surface area contributed by atoms with E-state index in [0.717, 1.165) is 38.2 Å². The topological polar surface area (TPSA) is 113 Å². The molecule has 0 heterocycles. The molecular weight excluding hydrogens is 344 g/mol.